The number of hydrogen-bond acceptors (Lipinski definition) is 10. The normalized spacial score (nSPS) is 23.2. The van der Waals surface area contributed by atoms with Gasteiger partial charge in [0.15, 0.2) is 11.6 Å². The summed E-state index contributed by atoms with van der Waals surface area (Å²) in [6.07, 6.45) is 10.6. The fraction of sp³-hybridized carbons (Fsp3) is 0.480. The van der Waals surface area contributed by atoms with Crippen molar-refractivity contribution in [3.8, 4) is 40.2 Å². The minimum absolute atomic E-state index is 0.0441. The van der Waals surface area contributed by atoms with Gasteiger partial charge in [0.05, 0.1) is 37.9 Å². The van der Waals surface area contributed by atoms with Crippen LogP contribution in [0.1, 0.15) is 38.5 Å². The van der Waals surface area contributed by atoms with Crippen LogP contribution in [0, 0.1) is 0 Å². The molecule has 1 aromatic carbocycles. The first-order chi connectivity index (χ1) is 17.1. The number of phenolic OH excluding ortho intramolecular Hbond substituents is 1. The number of anilines is 1. The molecule has 1 saturated carbocycles. The Balaban J connectivity index is 1.24. The van der Waals surface area contributed by atoms with Crippen LogP contribution in [0.2, 0.25) is 0 Å². The van der Waals surface area contributed by atoms with Crippen LogP contribution in [0.15, 0.2) is 30.6 Å². The van der Waals surface area contributed by atoms with Crippen LogP contribution in [0.5, 0.6) is 17.5 Å². The molecule has 6 rings (SSSR count). The van der Waals surface area contributed by atoms with Gasteiger partial charge in [-0.25, -0.2) is 15.0 Å². The van der Waals surface area contributed by atoms with Crippen molar-refractivity contribution in [1.29, 1.82) is 0 Å². The highest BCUT2D eigenvalue weighted by molar-refractivity contribution is 5.71. The Morgan fingerprint density at radius 2 is 1.69 bits per heavy atom. The van der Waals surface area contributed by atoms with Gasteiger partial charge in [0.1, 0.15) is 5.75 Å². The van der Waals surface area contributed by atoms with E-state index in [1.165, 1.54) is 39.9 Å². The number of aromatic nitrogens is 5. The van der Waals surface area contributed by atoms with Crippen LogP contribution in [0.3, 0.4) is 0 Å². The molecule has 3 atom stereocenters. The number of aromatic hydroxyl groups is 1. The van der Waals surface area contributed by atoms with Crippen LogP contribution in [-0.4, -0.2) is 68.6 Å². The molecule has 1 aliphatic carbocycles. The highest BCUT2D eigenvalue weighted by Crippen LogP contribution is 2.39. The first-order valence-corrected chi connectivity index (χ1v) is 12.2. The fourth-order valence-corrected chi connectivity index (χ4v) is 5.44. The number of phenols is 1. The summed E-state index contributed by atoms with van der Waals surface area (Å²) in [4.78, 5) is 15.7. The van der Waals surface area contributed by atoms with Crippen molar-refractivity contribution >= 4 is 5.82 Å². The minimum Gasteiger partial charge on any atom is -0.507 e. The van der Waals surface area contributed by atoms with Gasteiger partial charge in [-0.3, -0.25) is 0 Å². The predicted octanol–water partition coefficient (Wildman–Crippen LogP) is 2.97. The highest BCUT2D eigenvalue weighted by atomic mass is 16.5. The van der Waals surface area contributed by atoms with Gasteiger partial charge in [-0.05, 0) is 50.7 Å². The SMILES string of the molecule is COc1ncc(-c2ccc(-c3ncc(N(C4CC4)C4C[C@H]5CC[C@@H](C4)N5)nn3)c(O)c2)nc1OC. The largest absolute Gasteiger partial charge is 0.507 e. The Morgan fingerprint density at radius 1 is 0.914 bits per heavy atom. The molecule has 10 heteroatoms. The average molecular weight is 476 g/mol. The molecule has 2 saturated heterocycles. The molecule has 3 aliphatic rings. The van der Waals surface area contributed by atoms with Gasteiger partial charge in [-0.1, -0.05) is 6.07 Å². The van der Waals surface area contributed by atoms with Crippen LogP contribution in [0.25, 0.3) is 22.6 Å². The van der Waals surface area contributed by atoms with E-state index in [1.807, 2.05) is 6.07 Å². The van der Waals surface area contributed by atoms with Gasteiger partial charge in [0, 0.05) is 29.7 Å². The van der Waals surface area contributed by atoms with E-state index >= 15 is 0 Å². The summed E-state index contributed by atoms with van der Waals surface area (Å²) in [7, 11) is 3.01. The molecule has 0 spiro atoms. The molecule has 0 radical (unpaired) electrons. The van der Waals surface area contributed by atoms with Crippen LogP contribution < -0.4 is 19.7 Å². The molecule has 1 unspecified atom stereocenters. The summed E-state index contributed by atoms with van der Waals surface area (Å²) in [5.41, 5.74) is 1.75. The summed E-state index contributed by atoms with van der Waals surface area (Å²) < 4.78 is 10.4. The fourth-order valence-electron chi connectivity index (χ4n) is 5.44. The second-order valence-corrected chi connectivity index (χ2v) is 9.55. The number of ether oxygens (including phenoxy) is 2. The number of nitrogens with zero attached hydrogens (tertiary/aromatic N) is 6. The van der Waals surface area contributed by atoms with E-state index in [0.717, 1.165) is 18.7 Å². The molecule has 2 N–H and O–H groups in total. The second-order valence-electron chi connectivity index (χ2n) is 9.55. The van der Waals surface area contributed by atoms with E-state index in [-0.39, 0.29) is 11.6 Å². The molecule has 2 aliphatic heterocycles. The van der Waals surface area contributed by atoms with Crippen molar-refractivity contribution < 1.29 is 14.6 Å². The summed E-state index contributed by atoms with van der Waals surface area (Å²) in [5, 5.41) is 23.4. The Hall–Kier alpha value is -3.53. The molecule has 35 heavy (non-hydrogen) atoms. The molecule has 10 nitrogen and oxygen atoms in total. The number of methoxy groups -OCH3 is 2. The van der Waals surface area contributed by atoms with E-state index in [0.29, 0.717) is 52.7 Å². The molecule has 182 valence electrons. The summed E-state index contributed by atoms with van der Waals surface area (Å²) in [5.74, 6) is 1.84. The van der Waals surface area contributed by atoms with Crippen LogP contribution in [0.4, 0.5) is 5.82 Å². The first-order valence-electron chi connectivity index (χ1n) is 12.2. The molecular formula is C25H29N7O3. The van der Waals surface area contributed by atoms with E-state index in [9.17, 15) is 5.11 Å². The van der Waals surface area contributed by atoms with Gasteiger partial charge >= 0.3 is 0 Å². The van der Waals surface area contributed by atoms with Crippen molar-refractivity contribution in [1.82, 2.24) is 30.5 Å². The smallest absolute Gasteiger partial charge is 0.278 e. The van der Waals surface area contributed by atoms with Crippen LogP contribution in [-0.2, 0) is 0 Å². The quantitative estimate of drug-likeness (QED) is 0.528. The summed E-state index contributed by atoms with van der Waals surface area (Å²) in [6, 6.07) is 7.47. The Kier molecular flexibility index (Phi) is 5.60. The van der Waals surface area contributed by atoms with Crippen molar-refractivity contribution in [3.05, 3.63) is 30.6 Å². The molecule has 2 bridgehead atoms. The number of piperidine rings is 1. The molecule has 3 aromatic rings. The monoisotopic (exact) mass is 475 g/mol. The topological polar surface area (TPSA) is 118 Å². The molecule has 0 amide bonds. The number of hydrogen-bond donors (Lipinski definition) is 2. The Morgan fingerprint density at radius 3 is 2.31 bits per heavy atom. The lowest BCUT2D eigenvalue weighted by atomic mass is 9.98. The number of benzene rings is 1. The Labute approximate surface area is 203 Å². The van der Waals surface area contributed by atoms with Crippen LogP contribution >= 0.6 is 0 Å². The van der Waals surface area contributed by atoms with E-state index < -0.39 is 0 Å². The van der Waals surface area contributed by atoms with Gasteiger partial charge in [0.25, 0.3) is 11.8 Å². The summed E-state index contributed by atoms with van der Waals surface area (Å²) in [6.45, 7) is 0. The standard InChI is InChI=1S/C25H29N7O3/c1-34-24-25(35-2)29-20(12-27-24)14-3-8-19(21(33)9-14)23-26-13-22(30-31-23)32(17-6-7-17)18-10-15-4-5-16(11-18)28-15/h3,8-9,12-13,15-18,28,33H,4-7,10-11H2,1-2H3/t15-,16+,18?. The minimum atomic E-state index is 0.0441. The maximum atomic E-state index is 10.7. The zero-order valence-electron chi connectivity index (χ0n) is 19.9. The Bertz CT molecular complexity index is 1210. The predicted molar refractivity (Wildman–Crippen MR) is 130 cm³/mol. The van der Waals surface area contributed by atoms with Crippen molar-refractivity contribution in [2.75, 3.05) is 19.1 Å². The lowest BCUT2D eigenvalue weighted by molar-refractivity contribution is 0.332. The third-order valence-electron chi connectivity index (χ3n) is 7.23. The van der Waals surface area contributed by atoms with E-state index in [2.05, 4.69) is 35.4 Å². The number of nitrogens with one attached hydrogen (secondary N) is 1. The number of fused-ring (bicyclic) bond motifs is 2. The van der Waals surface area contributed by atoms with Gasteiger partial charge in [0.2, 0.25) is 0 Å². The van der Waals surface area contributed by atoms with Crippen molar-refractivity contribution in [2.24, 2.45) is 0 Å². The van der Waals surface area contributed by atoms with E-state index in [4.69, 9.17) is 9.47 Å². The van der Waals surface area contributed by atoms with Crippen molar-refractivity contribution in [2.45, 2.75) is 62.7 Å². The molecular weight excluding hydrogens is 446 g/mol. The first kappa shape index (κ1) is 22.0. The maximum Gasteiger partial charge on any atom is 0.278 e. The zero-order valence-corrected chi connectivity index (χ0v) is 19.9. The molecule has 4 heterocycles. The molecule has 3 fully saturated rings. The zero-order chi connectivity index (χ0) is 23.9. The number of rotatable bonds is 7. The van der Waals surface area contributed by atoms with Gasteiger partial charge in [-0.15, -0.1) is 10.2 Å². The third-order valence-corrected chi connectivity index (χ3v) is 7.23. The highest BCUT2D eigenvalue weighted by Gasteiger charge is 2.41. The van der Waals surface area contributed by atoms with Gasteiger partial charge in [-0.2, -0.15) is 0 Å². The molecule has 2 aromatic heterocycles. The van der Waals surface area contributed by atoms with E-state index in [1.54, 1.807) is 24.5 Å². The van der Waals surface area contributed by atoms with Crippen molar-refractivity contribution in [3.63, 3.8) is 0 Å². The average Bonchev–Trinajstić information content (AvgIpc) is 3.67. The van der Waals surface area contributed by atoms with Gasteiger partial charge < -0.3 is 24.8 Å². The second kappa shape index (κ2) is 8.92. The lowest BCUT2D eigenvalue weighted by Crippen LogP contribution is -2.49. The third kappa shape index (κ3) is 4.22. The lowest BCUT2D eigenvalue weighted by Gasteiger charge is -2.38. The maximum absolute atomic E-state index is 10.7. The summed E-state index contributed by atoms with van der Waals surface area (Å²) >= 11 is 0.